The third-order valence-corrected chi connectivity index (χ3v) is 3.03. The summed E-state index contributed by atoms with van der Waals surface area (Å²) in [6.45, 7) is 0.327. The minimum absolute atomic E-state index is 0.0679. The van der Waals surface area contributed by atoms with Gasteiger partial charge in [-0.3, -0.25) is 9.78 Å². The lowest BCUT2D eigenvalue weighted by molar-refractivity contribution is -0.274. The molecule has 7 heteroatoms. The summed E-state index contributed by atoms with van der Waals surface area (Å²) in [5.41, 5.74) is 1.18. The smallest absolute Gasteiger partial charge is 0.406 e. The maximum atomic E-state index is 12.3. The standard InChI is InChI=1S/C16H15F3N2O2/c17-16(18,19)23-14-6-2-1-5-13(14)7-8-15(22)21-11-12-4-3-9-20-10-12/h1-6,9-10H,7-8,11H2,(H,21,22). The number of aromatic nitrogens is 1. The van der Waals surface area contributed by atoms with E-state index >= 15 is 0 Å². The Kier molecular flexibility index (Phi) is 5.56. The van der Waals surface area contributed by atoms with E-state index < -0.39 is 6.36 Å². The Hall–Kier alpha value is -2.57. The Morgan fingerprint density at radius 3 is 2.65 bits per heavy atom. The lowest BCUT2D eigenvalue weighted by Crippen LogP contribution is -2.23. The van der Waals surface area contributed by atoms with Crippen LogP contribution in [-0.4, -0.2) is 17.3 Å². The number of carbonyl (C=O) groups is 1. The number of ether oxygens (including phenoxy) is 1. The van der Waals surface area contributed by atoms with E-state index in [-0.39, 0.29) is 24.5 Å². The van der Waals surface area contributed by atoms with Gasteiger partial charge >= 0.3 is 6.36 Å². The van der Waals surface area contributed by atoms with E-state index in [0.717, 1.165) is 5.56 Å². The second kappa shape index (κ2) is 7.62. The van der Waals surface area contributed by atoms with Crippen LogP contribution in [0.1, 0.15) is 17.5 Å². The quantitative estimate of drug-likeness (QED) is 0.887. The number of halogens is 3. The molecule has 4 nitrogen and oxygen atoms in total. The van der Waals surface area contributed by atoms with Crippen LogP contribution < -0.4 is 10.1 Å². The first-order valence-electron chi connectivity index (χ1n) is 6.93. The molecule has 0 unspecified atom stereocenters. The molecule has 0 bridgehead atoms. The van der Waals surface area contributed by atoms with Gasteiger partial charge in [0.1, 0.15) is 5.75 Å². The predicted octanol–water partition coefficient (Wildman–Crippen LogP) is 3.23. The molecule has 0 radical (unpaired) electrons. The van der Waals surface area contributed by atoms with Gasteiger partial charge in [0, 0.05) is 25.4 Å². The number of nitrogens with one attached hydrogen (secondary N) is 1. The lowest BCUT2D eigenvalue weighted by atomic mass is 10.1. The van der Waals surface area contributed by atoms with Crippen molar-refractivity contribution in [2.45, 2.75) is 25.7 Å². The number of aryl methyl sites for hydroxylation is 1. The number of para-hydroxylation sites is 1. The molecule has 1 aromatic carbocycles. The first-order valence-corrected chi connectivity index (χ1v) is 6.93. The van der Waals surface area contributed by atoms with Crippen LogP contribution in [0, 0.1) is 0 Å². The molecule has 0 saturated carbocycles. The van der Waals surface area contributed by atoms with Gasteiger partial charge in [-0.1, -0.05) is 24.3 Å². The number of hydrogen-bond donors (Lipinski definition) is 1. The topological polar surface area (TPSA) is 51.2 Å². The average Bonchev–Trinajstić information content (AvgIpc) is 2.51. The Labute approximate surface area is 131 Å². The van der Waals surface area contributed by atoms with Gasteiger partial charge in [0.15, 0.2) is 0 Å². The number of pyridine rings is 1. The van der Waals surface area contributed by atoms with Gasteiger partial charge in [-0.25, -0.2) is 0 Å². The zero-order valence-corrected chi connectivity index (χ0v) is 12.1. The highest BCUT2D eigenvalue weighted by Gasteiger charge is 2.31. The lowest BCUT2D eigenvalue weighted by Gasteiger charge is -2.13. The van der Waals surface area contributed by atoms with Crippen LogP contribution in [0.25, 0.3) is 0 Å². The summed E-state index contributed by atoms with van der Waals surface area (Å²) in [6.07, 6.45) is -1.27. The Balaban J connectivity index is 1.87. The monoisotopic (exact) mass is 324 g/mol. The number of hydrogen-bond acceptors (Lipinski definition) is 3. The van der Waals surface area contributed by atoms with Crippen LogP contribution >= 0.6 is 0 Å². The van der Waals surface area contributed by atoms with E-state index in [1.165, 1.54) is 18.2 Å². The number of alkyl halides is 3. The van der Waals surface area contributed by atoms with Crippen LogP contribution in [0.3, 0.4) is 0 Å². The van der Waals surface area contributed by atoms with Gasteiger partial charge in [-0.05, 0) is 29.7 Å². The van der Waals surface area contributed by atoms with Gasteiger partial charge < -0.3 is 10.1 Å². The molecule has 1 aromatic heterocycles. The first kappa shape index (κ1) is 16.8. The van der Waals surface area contributed by atoms with Gasteiger partial charge in [0.2, 0.25) is 5.91 Å². The zero-order valence-electron chi connectivity index (χ0n) is 12.1. The third kappa shape index (κ3) is 5.98. The number of benzene rings is 1. The molecule has 1 amide bonds. The summed E-state index contributed by atoms with van der Waals surface area (Å²) >= 11 is 0. The molecule has 2 rings (SSSR count). The van der Waals surface area contributed by atoms with Gasteiger partial charge in [-0.2, -0.15) is 0 Å². The van der Waals surface area contributed by atoms with Gasteiger partial charge in [0.25, 0.3) is 0 Å². The third-order valence-electron chi connectivity index (χ3n) is 3.03. The van der Waals surface area contributed by atoms with Crippen LogP contribution in [0.4, 0.5) is 13.2 Å². The van der Waals surface area contributed by atoms with E-state index in [0.29, 0.717) is 12.1 Å². The van der Waals surface area contributed by atoms with Crippen LogP contribution in [0.5, 0.6) is 5.75 Å². The van der Waals surface area contributed by atoms with Crippen molar-refractivity contribution in [3.63, 3.8) is 0 Å². The molecule has 0 aliphatic rings. The van der Waals surface area contributed by atoms with Crippen LogP contribution in [0.2, 0.25) is 0 Å². The molecule has 0 saturated heterocycles. The molecule has 0 spiro atoms. The molecule has 0 atom stereocenters. The summed E-state index contributed by atoms with van der Waals surface area (Å²) in [4.78, 5) is 15.7. The number of rotatable bonds is 6. The van der Waals surface area contributed by atoms with Crippen molar-refractivity contribution in [3.8, 4) is 5.75 Å². The van der Waals surface area contributed by atoms with Gasteiger partial charge in [-0.15, -0.1) is 13.2 Å². The number of nitrogens with zero attached hydrogens (tertiary/aromatic N) is 1. The Bertz CT molecular complexity index is 645. The highest BCUT2D eigenvalue weighted by molar-refractivity contribution is 5.76. The SMILES string of the molecule is O=C(CCc1ccccc1OC(F)(F)F)NCc1cccnc1. The molecule has 122 valence electrons. The molecular formula is C16H15F3N2O2. The second-order valence-electron chi connectivity index (χ2n) is 4.79. The summed E-state index contributed by atoms with van der Waals surface area (Å²) in [5.74, 6) is -0.532. The van der Waals surface area contributed by atoms with Crippen molar-refractivity contribution < 1.29 is 22.7 Å². The van der Waals surface area contributed by atoms with E-state index in [1.807, 2.05) is 6.07 Å². The maximum Gasteiger partial charge on any atom is 0.573 e. The fourth-order valence-corrected chi connectivity index (χ4v) is 1.97. The number of carbonyl (C=O) groups excluding carboxylic acids is 1. The molecule has 23 heavy (non-hydrogen) atoms. The largest absolute Gasteiger partial charge is 0.573 e. The summed E-state index contributed by atoms with van der Waals surface area (Å²) < 4.78 is 40.9. The molecule has 0 aliphatic carbocycles. The molecule has 0 fully saturated rings. The highest BCUT2D eigenvalue weighted by atomic mass is 19.4. The van der Waals surface area contributed by atoms with Crippen molar-refractivity contribution >= 4 is 5.91 Å². The molecule has 1 heterocycles. The fraction of sp³-hybridized carbons (Fsp3) is 0.250. The summed E-state index contributed by atoms with van der Waals surface area (Å²) in [6, 6.07) is 9.37. The van der Waals surface area contributed by atoms with Crippen molar-refractivity contribution in [1.82, 2.24) is 10.3 Å². The Morgan fingerprint density at radius 2 is 1.96 bits per heavy atom. The number of amides is 1. The first-order chi connectivity index (χ1) is 10.9. The fourth-order valence-electron chi connectivity index (χ4n) is 1.97. The second-order valence-corrected chi connectivity index (χ2v) is 4.79. The molecule has 0 aliphatic heterocycles. The van der Waals surface area contributed by atoms with Gasteiger partial charge in [0.05, 0.1) is 0 Å². The summed E-state index contributed by atoms with van der Waals surface area (Å²) in [5, 5.41) is 2.69. The van der Waals surface area contributed by atoms with Crippen molar-refractivity contribution in [1.29, 1.82) is 0 Å². The Morgan fingerprint density at radius 1 is 1.17 bits per heavy atom. The highest BCUT2D eigenvalue weighted by Crippen LogP contribution is 2.26. The summed E-state index contributed by atoms with van der Waals surface area (Å²) in [7, 11) is 0. The predicted molar refractivity (Wildman–Crippen MR) is 77.5 cm³/mol. The maximum absolute atomic E-state index is 12.3. The van der Waals surface area contributed by atoms with Crippen molar-refractivity contribution in [3.05, 3.63) is 59.9 Å². The van der Waals surface area contributed by atoms with E-state index in [2.05, 4.69) is 15.0 Å². The van der Waals surface area contributed by atoms with E-state index in [9.17, 15) is 18.0 Å². The normalized spacial score (nSPS) is 11.1. The molecule has 2 aromatic rings. The molecule has 1 N–H and O–H groups in total. The molecular weight excluding hydrogens is 309 g/mol. The van der Waals surface area contributed by atoms with Crippen LogP contribution in [-0.2, 0) is 17.8 Å². The van der Waals surface area contributed by atoms with Crippen molar-refractivity contribution in [2.24, 2.45) is 0 Å². The average molecular weight is 324 g/mol. The van der Waals surface area contributed by atoms with Crippen molar-refractivity contribution in [2.75, 3.05) is 0 Å². The zero-order chi connectivity index (χ0) is 16.7. The minimum atomic E-state index is -4.75. The van der Waals surface area contributed by atoms with Crippen LogP contribution in [0.15, 0.2) is 48.8 Å². The minimum Gasteiger partial charge on any atom is -0.406 e. The van der Waals surface area contributed by atoms with E-state index in [1.54, 1.807) is 24.5 Å². The van der Waals surface area contributed by atoms with E-state index in [4.69, 9.17) is 0 Å².